The van der Waals surface area contributed by atoms with E-state index in [1.807, 2.05) is 298 Å². The molecule has 124 heavy (non-hydrogen) atoms. The van der Waals surface area contributed by atoms with Gasteiger partial charge in [-0.3, -0.25) is 52.8 Å². The van der Waals surface area contributed by atoms with Gasteiger partial charge in [-0.25, -0.2) is 29.3 Å². The molecule has 0 saturated carbocycles. The number of aromatic nitrogens is 11. The molecule has 0 fully saturated rings. The van der Waals surface area contributed by atoms with Gasteiger partial charge in [-0.15, -0.1) is 17.9 Å². The number of para-hydroxylation sites is 8. The Kier molecular flexibility index (Phi) is 26.2. The molecular formula is C101H84FN13O8S. The zero-order valence-electron chi connectivity index (χ0n) is 67.4. The van der Waals surface area contributed by atoms with Gasteiger partial charge in [0.2, 0.25) is 0 Å². The summed E-state index contributed by atoms with van der Waals surface area (Å²) in [5.74, 6) is 0.233. The van der Waals surface area contributed by atoms with Crippen LogP contribution in [0.25, 0.3) is 111 Å². The quantitative estimate of drug-likeness (QED) is 0.0408. The number of hydrogen-bond acceptors (Lipinski definition) is 16. The van der Waals surface area contributed by atoms with Crippen LogP contribution in [0.15, 0.2) is 362 Å². The molecule has 8 aromatic heterocycles. The number of fused-ring (bicyclic) bond motifs is 5. The molecule has 0 spiro atoms. The number of nitro benzene ring substituents is 1. The van der Waals surface area contributed by atoms with Gasteiger partial charge in [0.15, 0.2) is 0 Å². The Balaban J connectivity index is 0.000000126. The Morgan fingerprint density at radius 2 is 0.847 bits per heavy atom. The van der Waals surface area contributed by atoms with Crippen molar-refractivity contribution >= 4 is 77.9 Å². The topological polar surface area (TPSA) is 270 Å². The van der Waals surface area contributed by atoms with E-state index in [0.29, 0.717) is 54.5 Å². The number of nitrogens with zero attached hydrogens (tertiary/aromatic N) is 12. The first-order chi connectivity index (χ1) is 59.8. The molecule has 0 bridgehead atoms. The van der Waals surface area contributed by atoms with E-state index in [9.17, 15) is 38.5 Å². The molecule has 2 N–H and O–H groups in total. The molecule has 8 heterocycles. The van der Waals surface area contributed by atoms with Crippen LogP contribution in [0.4, 0.5) is 15.8 Å². The van der Waals surface area contributed by atoms with Crippen molar-refractivity contribution in [1.82, 2.24) is 52.7 Å². The highest BCUT2D eigenvalue weighted by Crippen LogP contribution is 2.31. The van der Waals surface area contributed by atoms with Crippen molar-refractivity contribution in [3.05, 3.63) is 446 Å². The summed E-state index contributed by atoms with van der Waals surface area (Å²) >= 11 is 1.66. The Morgan fingerprint density at radius 3 is 1.29 bits per heavy atom. The first-order valence-corrected chi connectivity index (χ1v) is 40.3. The minimum atomic E-state index is -0.577. The van der Waals surface area contributed by atoms with Crippen molar-refractivity contribution in [2.24, 2.45) is 0 Å². The van der Waals surface area contributed by atoms with Crippen LogP contribution < -0.4 is 33.5 Å². The molecule has 23 heteroatoms. The molecule has 19 aromatic rings. The summed E-state index contributed by atoms with van der Waals surface area (Å²) in [6.07, 6.45) is 5.09. The van der Waals surface area contributed by atoms with Crippen LogP contribution in [-0.4, -0.2) is 57.7 Å². The number of nitrogens with two attached hydrogens (primary N) is 1. The zero-order chi connectivity index (χ0) is 85.6. The van der Waals surface area contributed by atoms with Crippen LogP contribution in [0.5, 0.6) is 0 Å². The largest absolute Gasteiger partial charge is 0.467 e. The maximum atomic E-state index is 13.8. The highest BCUT2D eigenvalue weighted by atomic mass is 32.1. The molecule has 0 amide bonds. The van der Waals surface area contributed by atoms with Crippen molar-refractivity contribution in [3.63, 3.8) is 0 Å². The molecule has 0 aliphatic carbocycles. The van der Waals surface area contributed by atoms with Gasteiger partial charge >= 0.3 is 0 Å². The van der Waals surface area contributed by atoms with E-state index >= 15 is 0 Å². The molecule has 0 saturated heterocycles. The van der Waals surface area contributed by atoms with Crippen LogP contribution in [-0.2, 0) is 32.7 Å². The van der Waals surface area contributed by atoms with Crippen LogP contribution in [0.1, 0.15) is 51.6 Å². The third-order valence-corrected chi connectivity index (χ3v) is 21.2. The molecule has 11 aromatic carbocycles. The molecule has 0 aliphatic heterocycles. The van der Waals surface area contributed by atoms with Crippen molar-refractivity contribution in [2.75, 3.05) is 5.73 Å². The Bertz CT molecular complexity index is 7280. The number of non-ortho nitro benzene ring substituents is 1. The lowest BCUT2D eigenvalue weighted by Gasteiger charge is -2.13. The van der Waals surface area contributed by atoms with E-state index in [2.05, 4.69) is 42.5 Å². The van der Waals surface area contributed by atoms with Gasteiger partial charge in [0.05, 0.1) is 98.2 Å². The van der Waals surface area contributed by atoms with Crippen molar-refractivity contribution in [1.29, 1.82) is 0 Å². The second-order valence-corrected chi connectivity index (χ2v) is 30.2. The number of aryl methyl sites for hydroxylation is 4. The normalized spacial score (nSPS) is 10.8. The second-order valence-electron chi connectivity index (χ2n) is 29.1. The lowest BCUT2D eigenvalue weighted by molar-refractivity contribution is -0.384. The summed E-state index contributed by atoms with van der Waals surface area (Å²) in [7, 11) is 0. The first kappa shape index (κ1) is 84.6. The number of rotatable bonds is 16. The highest BCUT2D eigenvalue weighted by molar-refractivity contribution is 7.09. The lowest BCUT2D eigenvalue weighted by atomic mass is 10.1. The predicted octanol–water partition coefficient (Wildman–Crippen LogP) is 20.2. The number of hydrogen-bond donors (Lipinski definition) is 1. The van der Waals surface area contributed by atoms with Gasteiger partial charge in [0, 0.05) is 69.3 Å². The van der Waals surface area contributed by atoms with Crippen molar-refractivity contribution < 1.29 is 13.7 Å². The fourth-order valence-electron chi connectivity index (χ4n) is 14.4. The van der Waals surface area contributed by atoms with E-state index in [0.717, 1.165) is 111 Å². The predicted molar refractivity (Wildman–Crippen MR) is 494 cm³/mol. The second kappa shape index (κ2) is 38.5. The van der Waals surface area contributed by atoms with E-state index < -0.39 is 16.3 Å². The van der Waals surface area contributed by atoms with E-state index in [1.54, 1.807) is 43.6 Å². The Labute approximate surface area is 715 Å². The minimum Gasteiger partial charge on any atom is -0.467 e. The van der Waals surface area contributed by atoms with E-state index in [-0.39, 0.29) is 64.4 Å². The van der Waals surface area contributed by atoms with Gasteiger partial charge in [-0.1, -0.05) is 200 Å². The smallest absolute Gasteiger partial charge is 0.278 e. The standard InChI is InChI=1S/C21H15FN4O3.C21H17N3O.C20H16N2O2.C20H16N2OS.C18H16N2O.CH4/c22-14-6-9-19-18(10-14)24-20(16-11-15(26(28)29)7-8-17(16)23)21(27)25(19)12-13-4-2-1-3-5-13;1-15-7-6-8-16(13-15)20-21(25)24(14-17-9-4-5-12-22-17)19-11-3-2-10-18(19)23-20;2*1-14-6-4-7-15(12-14)19-20(23)22(13-16-8-5-11-24-16)18-10-3-2-9-17(18)21-19;1-3-11-20-16-10-5-4-9-15(16)19-17(18(20)21)14-8-6-7-13(2)12-14;/h1-11H,12,23H2;2-13H,14H2,1H3;2*2-12H,13H2,1H3;3-10,12H,1,11H2,2H3;1H4. The average Bonchev–Trinajstić information content (AvgIpc) is 0.794. The fraction of sp³-hybridized carbons (Fsp3) is 0.0990. The summed E-state index contributed by atoms with van der Waals surface area (Å²) in [4.78, 5) is 104. The molecular weight excluding hydrogens is 1570 g/mol. The number of nitrogen functional groups attached to an aromatic ring is 1. The summed E-state index contributed by atoms with van der Waals surface area (Å²) in [6, 6.07) is 92.9. The summed E-state index contributed by atoms with van der Waals surface area (Å²) in [6.45, 7) is 13.9. The van der Waals surface area contributed by atoms with Crippen LogP contribution in [0.2, 0.25) is 0 Å². The summed E-state index contributed by atoms with van der Waals surface area (Å²) in [5, 5.41) is 13.2. The number of pyridine rings is 1. The number of anilines is 1. The van der Waals surface area contributed by atoms with Crippen molar-refractivity contribution in [2.45, 2.75) is 67.8 Å². The number of allylic oxidation sites excluding steroid dienone is 1. The average molecular weight is 1660 g/mol. The third kappa shape index (κ3) is 19.2. The molecule has 0 atom stereocenters. The number of benzene rings is 11. The summed E-state index contributed by atoms with van der Waals surface area (Å²) < 4.78 is 27.7. The van der Waals surface area contributed by atoms with Crippen LogP contribution >= 0.6 is 11.3 Å². The SMILES string of the molecule is C.C=CCn1c(=O)c(-c2cccc(C)c2)nc2ccccc21.Cc1cccc(-c2nc3ccccc3n(Cc3ccccn3)c2=O)c1.Cc1cccc(-c2nc3ccccc3n(Cc3ccco3)c2=O)c1.Cc1cccc(-c2nc3ccccc3n(Cc3cccs3)c2=O)c1.Nc1ccc([N+](=O)[O-])cc1-c1nc2cc(F)ccc2n(Cc2ccccc2)c1=O. The van der Waals surface area contributed by atoms with Gasteiger partial charge in [-0.2, -0.15) is 0 Å². The van der Waals surface area contributed by atoms with Gasteiger partial charge in [0.1, 0.15) is 40.0 Å². The molecule has 0 radical (unpaired) electrons. The lowest BCUT2D eigenvalue weighted by Crippen LogP contribution is -2.24. The maximum absolute atomic E-state index is 13.8. The molecule has 614 valence electrons. The van der Waals surface area contributed by atoms with Crippen LogP contribution in [0.3, 0.4) is 0 Å². The Morgan fingerprint density at radius 1 is 0.419 bits per heavy atom. The molecule has 21 nitrogen and oxygen atoms in total. The zero-order valence-corrected chi connectivity index (χ0v) is 68.2. The summed E-state index contributed by atoms with van der Waals surface area (Å²) in [5.41, 5.74) is 23.9. The van der Waals surface area contributed by atoms with Gasteiger partial charge < -0.3 is 19.3 Å². The van der Waals surface area contributed by atoms with Gasteiger partial charge in [0.25, 0.3) is 33.5 Å². The van der Waals surface area contributed by atoms with Gasteiger partial charge in [-0.05, 0) is 160 Å². The molecule has 19 rings (SSSR count). The van der Waals surface area contributed by atoms with Crippen molar-refractivity contribution in [3.8, 4) is 56.3 Å². The molecule has 0 unspecified atom stereocenters. The number of nitro groups is 1. The number of thiophene rings is 1. The fourth-order valence-corrected chi connectivity index (χ4v) is 15.1. The number of furan rings is 1. The number of halogens is 1. The molecule has 0 aliphatic rings. The monoisotopic (exact) mass is 1660 g/mol. The Hall–Kier alpha value is -15.9. The third-order valence-electron chi connectivity index (χ3n) is 20.3. The highest BCUT2D eigenvalue weighted by Gasteiger charge is 2.22. The maximum Gasteiger partial charge on any atom is 0.278 e. The van der Waals surface area contributed by atoms with E-state index in [4.69, 9.17) is 10.2 Å². The first-order valence-electron chi connectivity index (χ1n) is 39.4. The van der Waals surface area contributed by atoms with E-state index in [1.165, 1.54) is 41.0 Å². The van der Waals surface area contributed by atoms with Crippen LogP contribution in [0, 0.1) is 43.6 Å². The minimum absolute atomic E-state index is 0.